The van der Waals surface area contributed by atoms with Gasteiger partial charge in [-0.3, -0.25) is 0 Å². The predicted molar refractivity (Wildman–Crippen MR) is 72.6 cm³/mol. The fraction of sp³-hybridized carbons (Fsp3) is 0.250. The topological polar surface area (TPSA) is 9.23 Å². The standard InChI is InChI=1S/C16H14F4O/c1-10(2)12-8-7-11(17)9-14(12)13-5-3-4-6-15(13)21-16(18,19)20/h3-10H,1-2H3. The molecule has 0 heterocycles. The molecule has 0 aliphatic heterocycles. The van der Waals surface area contributed by atoms with Crippen molar-refractivity contribution < 1.29 is 22.3 Å². The van der Waals surface area contributed by atoms with Crippen molar-refractivity contribution in [1.82, 2.24) is 0 Å². The number of alkyl halides is 3. The molecule has 0 saturated heterocycles. The van der Waals surface area contributed by atoms with E-state index < -0.39 is 12.2 Å². The molecule has 0 saturated carbocycles. The summed E-state index contributed by atoms with van der Waals surface area (Å²) >= 11 is 0. The van der Waals surface area contributed by atoms with Crippen LogP contribution in [0.1, 0.15) is 25.3 Å². The molecule has 5 heteroatoms. The summed E-state index contributed by atoms with van der Waals surface area (Å²) in [5.74, 6) is -0.798. The first-order chi connectivity index (χ1) is 9.78. The Morgan fingerprint density at radius 2 is 1.62 bits per heavy atom. The van der Waals surface area contributed by atoms with Gasteiger partial charge in [0.15, 0.2) is 0 Å². The number of rotatable bonds is 3. The summed E-state index contributed by atoms with van der Waals surface area (Å²) in [6.07, 6.45) is -4.79. The molecule has 0 N–H and O–H groups in total. The van der Waals surface area contributed by atoms with Gasteiger partial charge in [0.05, 0.1) is 0 Å². The second-order valence-electron chi connectivity index (χ2n) is 4.93. The molecule has 0 aliphatic rings. The van der Waals surface area contributed by atoms with Gasteiger partial charge < -0.3 is 4.74 Å². The maximum atomic E-state index is 13.5. The highest BCUT2D eigenvalue weighted by Gasteiger charge is 2.32. The Morgan fingerprint density at radius 3 is 2.24 bits per heavy atom. The van der Waals surface area contributed by atoms with Crippen LogP contribution in [0.4, 0.5) is 17.6 Å². The summed E-state index contributed by atoms with van der Waals surface area (Å²) in [5.41, 5.74) is 1.39. The summed E-state index contributed by atoms with van der Waals surface area (Å²) in [6, 6.07) is 9.85. The molecule has 0 spiro atoms. The molecular weight excluding hydrogens is 284 g/mol. The third kappa shape index (κ3) is 3.74. The lowest BCUT2D eigenvalue weighted by atomic mass is 9.92. The summed E-state index contributed by atoms with van der Waals surface area (Å²) in [6.45, 7) is 3.79. The van der Waals surface area contributed by atoms with E-state index in [0.29, 0.717) is 5.56 Å². The van der Waals surface area contributed by atoms with E-state index in [-0.39, 0.29) is 17.2 Å². The lowest BCUT2D eigenvalue weighted by Crippen LogP contribution is -2.17. The molecule has 0 radical (unpaired) electrons. The first kappa shape index (κ1) is 15.4. The zero-order valence-corrected chi connectivity index (χ0v) is 11.5. The molecule has 1 nitrogen and oxygen atoms in total. The van der Waals surface area contributed by atoms with Crippen molar-refractivity contribution >= 4 is 0 Å². The smallest absolute Gasteiger partial charge is 0.405 e. The molecule has 112 valence electrons. The highest BCUT2D eigenvalue weighted by Crippen LogP contribution is 2.37. The molecule has 0 unspecified atom stereocenters. The number of ether oxygens (including phenoxy) is 1. The molecule has 2 aromatic carbocycles. The molecule has 0 bridgehead atoms. The molecule has 0 fully saturated rings. The number of hydrogen-bond acceptors (Lipinski definition) is 1. The van der Waals surface area contributed by atoms with Crippen LogP contribution in [0.5, 0.6) is 5.75 Å². The van der Waals surface area contributed by atoms with Crippen molar-refractivity contribution in [2.45, 2.75) is 26.1 Å². The molecule has 0 amide bonds. The summed E-state index contributed by atoms with van der Waals surface area (Å²) in [7, 11) is 0. The fourth-order valence-corrected chi connectivity index (χ4v) is 2.17. The molecule has 21 heavy (non-hydrogen) atoms. The molecule has 2 aromatic rings. The highest BCUT2D eigenvalue weighted by atomic mass is 19.4. The largest absolute Gasteiger partial charge is 0.573 e. The van der Waals surface area contributed by atoms with E-state index in [9.17, 15) is 17.6 Å². The van der Waals surface area contributed by atoms with Crippen LogP contribution < -0.4 is 4.74 Å². The zero-order valence-electron chi connectivity index (χ0n) is 11.5. The number of hydrogen-bond donors (Lipinski definition) is 0. The zero-order chi connectivity index (χ0) is 15.6. The third-order valence-corrected chi connectivity index (χ3v) is 3.04. The van der Waals surface area contributed by atoms with E-state index in [2.05, 4.69) is 4.74 Å². The second kappa shape index (κ2) is 5.76. The fourth-order valence-electron chi connectivity index (χ4n) is 2.17. The van der Waals surface area contributed by atoms with Gasteiger partial charge in [0.2, 0.25) is 0 Å². The van der Waals surface area contributed by atoms with Gasteiger partial charge >= 0.3 is 6.36 Å². The van der Waals surface area contributed by atoms with Crippen LogP contribution in [0.3, 0.4) is 0 Å². The maximum Gasteiger partial charge on any atom is 0.573 e. The first-order valence-electron chi connectivity index (χ1n) is 6.42. The van der Waals surface area contributed by atoms with Crippen LogP contribution in [0.15, 0.2) is 42.5 Å². The lowest BCUT2D eigenvalue weighted by molar-refractivity contribution is -0.274. The van der Waals surface area contributed by atoms with Gasteiger partial charge in [0.25, 0.3) is 0 Å². The normalized spacial score (nSPS) is 11.8. The molecule has 0 aliphatic carbocycles. The van der Waals surface area contributed by atoms with Gasteiger partial charge in [-0.1, -0.05) is 38.1 Å². The Hall–Kier alpha value is -2.04. The maximum absolute atomic E-state index is 13.5. The molecule has 0 aromatic heterocycles. The van der Waals surface area contributed by atoms with E-state index in [1.54, 1.807) is 12.1 Å². The Kier molecular flexibility index (Phi) is 4.21. The van der Waals surface area contributed by atoms with E-state index in [0.717, 1.165) is 5.56 Å². The first-order valence-corrected chi connectivity index (χ1v) is 6.42. The predicted octanol–water partition coefficient (Wildman–Crippen LogP) is 5.51. The average molecular weight is 298 g/mol. The third-order valence-electron chi connectivity index (χ3n) is 3.04. The van der Waals surface area contributed by atoms with Gasteiger partial charge in [-0.15, -0.1) is 13.2 Å². The molecule has 0 atom stereocenters. The number of para-hydroxylation sites is 1. The second-order valence-corrected chi connectivity index (χ2v) is 4.93. The Balaban J connectivity index is 2.59. The lowest BCUT2D eigenvalue weighted by Gasteiger charge is -2.17. The Labute approximate surface area is 120 Å². The van der Waals surface area contributed by atoms with Crippen LogP contribution in [-0.2, 0) is 0 Å². The van der Waals surface area contributed by atoms with Crippen molar-refractivity contribution in [2.75, 3.05) is 0 Å². The SMILES string of the molecule is CC(C)c1ccc(F)cc1-c1ccccc1OC(F)(F)F. The minimum absolute atomic E-state index is 0.0412. The van der Waals surface area contributed by atoms with Crippen molar-refractivity contribution in [3.8, 4) is 16.9 Å². The molecular formula is C16H14F4O. The average Bonchev–Trinajstić information content (AvgIpc) is 2.37. The van der Waals surface area contributed by atoms with Gasteiger partial charge in [0.1, 0.15) is 11.6 Å². The van der Waals surface area contributed by atoms with Crippen molar-refractivity contribution in [3.05, 3.63) is 53.8 Å². The van der Waals surface area contributed by atoms with Crippen molar-refractivity contribution in [3.63, 3.8) is 0 Å². The van der Waals surface area contributed by atoms with Crippen LogP contribution in [0.25, 0.3) is 11.1 Å². The molecule has 2 rings (SSSR count). The van der Waals surface area contributed by atoms with Crippen LogP contribution >= 0.6 is 0 Å². The van der Waals surface area contributed by atoms with Crippen molar-refractivity contribution in [1.29, 1.82) is 0 Å². The Bertz CT molecular complexity index is 632. The van der Waals surface area contributed by atoms with E-state index in [4.69, 9.17) is 0 Å². The minimum Gasteiger partial charge on any atom is -0.405 e. The van der Waals surface area contributed by atoms with Gasteiger partial charge in [-0.25, -0.2) is 4.39 Å². The van der Waals surface area contributed by atoms with Crippen LogP contribution in [0.2, 0.25) is 0 Å². The van der Waals surface area contributed by atoms with Crippen molar-refractivity contribution in [2.24, 2.45) is 0 Å². The summed E-state index contributed by atoms with van der Waals surface area (Å²) in [4.78, 5) is 0. The van der Waals surface area contributed by atoms with Crippen LogP contribution in [0, 0.1) is 5.82 Å². The van der Waals surface area contributed by atoms with E-state index in [1.807, 2.05) is 13.8 Å². The minimum atomic E-state index is -4.79. The summed E-state index contributed by atoms with van der Waals surface area (Å²) < 4.78 is 55.0. The highest BCUT2D eigenvalue weighted by molar-refractivity contribution is 5.74. The Morgan fingerprint density at radius 1 is 0.952 bits per heavy atom. The van der Waals surface area contributed by atoms with Gasteiger partial charge in [-0.2, -0.15) is 0 Å². The monoisotopic (exact) mass is 298 g/mol. The quantitative estimate of drug-likeness (QED) is 0.678. The van der Waals surface area contributed by atoms with Gasteiger partial charge in [-0.05, 0) is 35.2 Å². The summed E-state index contributed by atoms with van der Waals surface area (Å²) in [5, 5.41) is 0. The van der Waals surface area contributed by atoms with E-state index in [1.165, 1.54) is 30.3 Å². The van der Waals surface area contributed by atoms with E-state index >= 15 is 0 Å². The van der Waals surface area contributed by atoms with Gasteiger partial charge in [0, 0.05) is 5.56 Å². The number of halogens is 4. The number of benzene rings is 2. The van der Waals surface area contributed by atoms with Crippen LogP contribution in [-0.4, -0.2) is 6.36 Å².